The van der Waals surface area contributed by atoms with Crippen molar-refractivity contribution < 1.29 is 0 Å². The first-order valence-corrected chi connectivity index (χ1v) is 7.95. The minimum atomic E-state index is 0.560. The maximum atomic E-state index is 3.74. The molecule has 1 aliphatic heterocycles. The van der Waals surface area contributed by atoms with Gasteiger partial charge in [-0.3, -0.25) is 4.90 Å². The molecule has 1 N–H and O–H groups in total. The van der Waals surface area contributed by atoms with Gasteiger partial charge in [-0.05, 0) is 55.7 Å². The molecule has 0 amide bonds. The maximum Gasteiger partial charge on any atom is 0.0452 e. The van der Waals surface area contributed by atoms with Crippen LogP contribution in [0.1, 0.15) is 42.9 Å². The Morgan fingerprint density at radius 3 is 2.68 bits per heavy atom. The highest BCUT2D eigenvalue weighted by molar-refractivity contribution is 5.32. The molecule has 3 aliphatic rings. The standard InChI is InChI=1S/C17H24N2/c1-2-4-16-14(3-1)9-10-18-17(16)12-19(15-7-8-15)11-13-5-6-13/h1-4,13,15,17-18H,5-12H2. The van der Waals surface area contributed by atoms with Crippen molar-refractivity contribution >= 4 is 0 Å². The van der Waals surface area contributed by atoms with Crippen LogP contribution in [0.25, 0.3) is 0 Å². The van der Waals surface area contributed by atoms with Crippen molar-refractivity contribution in [1.29, 1.82) is 0 Å². The molecular formula is C17H24N2. The van der Waals surface area contributed by atoms with Crippen molar-refractivity contribution in [3.63, 3.8) is 0 Å². The summed E-state index contributed by atoms with van der Waals surface area (Å²) in [5, 5.41) is 3.74. The van der Waals surface area contributed by atoms with Crippen LogP contribution in [-0.4, -0.2) is 30.6 Å². The molecule has 19 heavy (non-hydrogen) atoms. The largest absolute Gasteiger partial charge is 0.309 e. The summed E-state index contributed by atoms with van der Waals surface area (Å²) in [7, 11) is 0. The molecule has 2 aliphatic carbocycles. The summed E-state index contributed by atoms with van der Waals surface area (Å²) in [6.45, 7) is 3.72. The van der Waals surface area contributed by atoms with Crippen LogP contribution < -0.4 is 5.32 Å². The van der Waals surface area contributed by atoms with E-state index in [4.69, 9.17) is 0 Å². The van der Waals surface area contributed by atoms with E-state index < -0.39 is 0 Å². The van der Waals surface area contributed by atoms with E-state index in [9.17, 15) is 0 Å². The summed E-state index contributed by atoms with van der Waals surface area (Å²) in [5.74, 6) is 1.01. The SMILES string of the molecule is c1ccc2c(c1)CCNC2CN(CC1CC1)C1CC1. The highest BCUT2D eigenvalue weighted by atomic mass is 15.2. The van der Waals surface area contributed by atoms with Crippen molar-refractivity contribution in [2.24, 2.45) is 5.92 Å². The monoisotopic (exact) mass is 256 g/mol. The van der Waals surface area contributed by atoms with E-state index in [1.807, 2.05) is 0 Å². The molecule has 1 heterocycles. The molecule has 1 aromatic rings. The maximum absolute atomic E-state index is 3.74. The Kier molecular flexibility index (Phi) is 3.08. The van der Waals surface area contributed by atoms with E-state index in [1.165, 1.54) is 45.2 Å². The van der Waals surface area contributed by atoms with Gasteiger partial charge in [-0.1, -0.05) is 24.3 Å². The first-order valence-electron chi connectivity index (χ1n) is 7.95. The van der Waals surface area contributed by atoms with E-state index in [2.05, 4.69) is 34.5 Å². The minimum absolute atomic E-state index is 0.560. The van der Waals surface area contributed by atoms with Gasteiger partial charge in [0.15, 0.2) is 0 Å². The van der Waals surface area contributed by atoms with Gasteiger partial charge in [0.2, 0.25) is 0 Å². The van der Waals surface area contributed by atoms with Gasteiger partial charge in [-0.15, -0.1) is 0 Å². The molecule has 102 valence electrons. The second-order valence-corrected chi connectivity index (χ2v) is 6.58. The number of nitrogens with zero attached hydrogens (tertiary/aromatic N) is 1. The first kappa shape index (κ1) is 11.9. The number of benzene rings is 1. The van der Waals surface area contributed by atoms with E-state index in [-0.39, 0.29) is 0 Å². The smallest absolute Gasteiger partial charge is 0.0452 e. The molecule has 0 radical (unpaired) electrons. The van der Waals surface area contributed by atoms with Gasteiger partial charge in [0, 0.05) is 25.2 Å². The average Bonchev–Trinajstić information content (AvgIpc) is 3.31. The number of hydrogen-bond donors (Lipinski definition) is 1. The minimum Gasteiger partial charge on any atom is -0.309 e. The van der Waals surface area contributed by atoms with Crippen LogP contribution in [0.4, 0.5) is 0 Å². The number of nitrogens with one attached hydrogen (secondary N) is 1. The summed E-state index contributed by atoms with van der Waals surface area (Å²) >= 11 is 0. The van der Waals surface area contributed by atoms with Crippen LogP contribution in [0.5, 0.6) is 0 Å². The Hall–Kier alpha value is -0.860. The van der Waals surface area contributed by atoms with Crippen LogP contribution in [0.2, 0.25) is 0 Å². The highest BCUT2D eigenvalue weighted by Crippen LogP contribution is 2.36. The van der Waals surface area contributed by atoms with Gasteiger partial charge in [0.1, 0.15) is 0 Å². The molecule has 1 atom stereocenters. The van der Waals surface area contributed by atoms with Crippen LogP contribution in [0.15, 0.2) is 24.3 Å². The molecule has 0 aromatic heterocycles. The lowest BCUT2D eigenvalue weighted by Gasteiger charge is -2.32. The lowest BCUT2D eigenvalue weighted by molar-refractivity contribution is 0.221. The summed E-state index contributed by atoms with van der Waals surface area (Å²) in [5.41, 5.74) is 3.11. The van der Waals surface area contributed by atoms with Gasteiger partial charge in [-0.2, -0.15) is 0 Å². The van der Waals surface area contributed by atoms with E-state index in [0.717, 1.165) is 18.5 Å². The Bertz CT molecular complexity index is 448. The third-order valence-corrected chi connectivity index (χ3v) is 4.89. The summed E-state index contributed by atoms with van der Waals surface area (Å²) in [6, 6.07) is 10.5. The molecule has 2 heteroatoms. The predicted molar refractivity (Wildman–Crippen MR) is 78.2 cm³/mol. The molecule has 0 spiro atoms. The molecule has 0 saturated heterocycles. The topological polar surface area (TPSA) is 15.3 Å². The molecule has 0 bridgehead atoms. The molecule has 1 unspecified atom stereocenters. The van der Waals surface area contributed by atoms with Crippen molar-refractivity contribution in [3.05, 3.63) is 35.4 Å². The summed E-state index contributed by atoms with van der Waals surface area (Å²) < 4.78 is 0. The summed E-state index contributed by atoms with van der Waals surface area (Å²) in [4.78, 5) is 2.78. The molecule has 1 aromatic carbocycles. The zero-order valence-electron chi connectivity index (χ0n) is 11.6. The van der Waals surface area contributed by atoms with Crippen LogP contribution in [0.3, 0.4) is 0 Å². The number of rotatable bonds is 5. The van der Waals surface area contributed by atoms with E-state index in [0.29, 0.717) is 6.04 Å². The Morgan fingerprint density at radius 1 is 1.05 bits per heavy atom. The lowest BCUT2D eigenvalue weighted by Crippen LogP contribution is -2.40. The fourth-order valence-electron chi connectivity index (χ4n) is 3.43. The third kappa shape index (κ3) is 2.70. The quantitative estimate of drug-likeness (QED) is 0.871. The second-order valence-electron chi connectivity index (χ2n) is 6.58. The van der Waals surface area contributed by atoms with Crippen LogP contribution >= 0.6 is 0 Å². The highest BCUT2D eigenvalue weighted by Gasteiger charge is 2.35. The Balaban J connectivity index is 1.49. The molecule has 2 saturated carbocycles. The van der Waals surface area contributed by atoms with Crippen molar-refractivity contribution in [2.45, 2.75) is 44.2 Å². The van der Waals surface area contributed by atoms with Crippen LogP contribution in [-0.2, 0) is 6.42 Å². The first-order chi connectivity index (χ1) is 9.40. The van der Waals surface area contributed by atoms with Gasteiger partial charge in [-0.25, -0.2) is 0 Å². The second kappa shape index (κ2) is 4.92. The van der Waals surface area contributed by atoms with Crippen molar-refractivity contribution in [1.82, 2.24) is 10.2 Å². The van der Waals surface area contributed by atoms with Crippen LogP contribution in [0, 0.1) is 5.92 Å². The number of hydrogen-bond acceptors (Lipinski definition) is 2. The average molecular weight is 256 g/mol. The fraction of sp³-hybridized carbons (Fsp3) is 0.647. The predicted octanol–water partition coefficient (Wildman–Crippen LogP) is 2.75. The van der Waals surface area contributed by atoms with Gasteiger partial charge >= 0.3 is 0 Å². The molecule has 2 fully saturated rings. The van der Waals surface area contributed by atoms with Crippen molar-refractivity contribution in [2.75, 3.05) is 19.6 Å². The Morgan fingerprint density at radius 2 is 1.89 bits per heavy atom. The number of fused-ring (bicyclic) bond motifs is 1. The van der Waals surface area contributed by atoms with Crippen molar-refractivity contribution in [3.8, 4) is 0 Å². The van der Waals surface area contributed by atoms with E-state index >= 15 is 0 Å². The normalized spacial score (nSPS) is 26.5. The third-order valence-electron chi connectivity index (χ3n) is 4.89. The van der Waals surface area contributed by atoms with Gasteiger partial charge < -0.3 is 5.32 Å². The molecular weight excluding hydrogens is 232 g/mol. The molecule has 4 rings (SSSR count). The zero-order chi connectivity index (χ0) is 12.7. The van der Waals surface area contributed by atoms with E-state index in [1.54, 1.807) is 11.1 Å². The fourth-order valence-corrected chi connectivity index (χ4v) is 3.43. The Labute approximate surface area is 116 Å². The molecule has 2 nitrogen and oxygen atoms in total. The zero-order valence-corrected chi connectivity index (χ0v) is 11.6. The lowest BCUT2D eigenvalue weighted by atomic mass is 9.94. The van der Waals surface area contributed by atoms with Gasteiger partial charge in [0.25, 0.3) is 0 Å². The summed E-state index contributed by atoms with van der Waals surface area (Å²) in [6.07, 6.45) is 7.00. The van der Waals surface area contributed by atoms with Gasteiger partial charge in [0.05, 0.1) is 0 Å².